The highest BCUT2D eigenvalue weighted by Gasteiger charge is 2.29. The Hall–Kier alpha value is -4.18. The lowest BCUT2D eigenvalue weighted by Gasteiger charge is -2.15. The molecule has 1 atom stereocenters. The summed E-state index contributed by atoms with van der Waals surface area (Å²) in [7, 11) is 1.51. The van der Waals surface area contributed by atoms with Crippen LogP contribution in [-0.2, 0) is 16.6 Å². The number of nitrogens with zero attached hydrogens (tertiary/aromatic N) is 2. The van der Waals surface area contributed by atoms with Crippen molar-refractivity contribution in [3.8, 4) is 11.1 Å². The van der Waals surface area contributed by atoms with Gasteiger partial charge in [-0.15, -0.1) is 0 Å². The SMILES string of the molecule is Cn1ncc(C(=O)N[C@H](CO)C(=O)O)c1NC(=O)OCC1c2ccccc2-c2ccccc21. The highest BCUT2D eigenvalue weighted by Crippen LogP contribution is 2.44. The van der Waals surface area contributed by atoms with Gasteiger partial charge >= 0.3 is 12.1 Å². The third kappa shape index (κ3) is 4.28. The maximum atomic E-state index is 12.6. The van der Waals surface area contributed by atoms with Crippen LogP contribution < -0.4 is 10.6 Å². The molecule has 0 unspecified atom stereocenters. The van der Waals surface area contributed by atoms with E-state index < -0.39 is 30.6 Å². The quantitative estimate of drug-likeness (QED) is 0.431. The van der Waals surface area contributed by atoms with E-state index in [1.165, 1.54) is 17.9 Å². The molecular formula is C23H22N4O6. The van der Waals surface area contributed by atoms with E-state index in [4.69, 9.17) is 14.9 Å². The Morgan fingerprint density at radius 1 is 1.09 bits per heavy atom. The fraction of sp³-hybridized carbons (Fsp3) is 0.217. The minimum atomic E-state index is -1.49. The molecule has 0 aliphatic heterocycles. The lowest BCUT2D eigenvalue weighted by atomic mass is 9.98. The van der Waals surface area contributed by atoms with E-state index >= 15 is 0 Å². The summed E-state index contributed by atoms with van der Waals surface area (Å²) in [4.78, 5) is 36.1. The number of anilines is 1. The van der Waals surface area contributed by atoms with E-state index in [1.807, 2.05) is 48.5 Å². The lowest BCUT2D eigenvalue weighted by Crippen LogP contribution is -2.43. The van der Waals surface area contributed by atoms with Gasteiger partial charge < -0.3 is 20.3 Å². The zero-order valence-corrected chi connectivity index (χ0v) is 17.7. The van der Waals surface area contributed by atoms with Gasteiger partial charge in [-0.05, 0) is 22.3 Å². The molecule has 1 aliphatic rings. The first-order chi connectivity index (χ1) is 15.9. The second-order valence-electron chi connectivity index (χ2n) is 7.53. The second kappa shape index (κ2) is 9.13. The van der Waals surface area contributed by atoms with E-state index in [-0.39, 0.29) is 23.9 Å². The second-order valence-corrected chi connectivity index (χ2v) is 7.53. The number of rotatable bonds is 7. The first kappa shape index (κ1) is 22.0. The van der Waals surface area contributed by atoms with Crippen LogP contribution in [-0.4, -0.2) is 57.2 Å². The van der Waals surface area contributed by atoms with Crippen molar-refractivity contribution in [2.75, 3.05) is 18.5 Å². The number of aryl methyl sites for hydroxylation is 1. The number of benzene rings is 2. The van der Waals surface area contributed by atoms with Crippen LogP contribution in [0.15, 0.2) is 54.7 Å². The molecular weight excluding hydrogens is 428 g/mol. The Labute approximate surface area is 188 Å². The summed E-state index contributed by atoms with van der Waals surface area (Å²) in [6.45, 7) is -0.693. The normalized spacial score (nSPS) is 13.0. The summed E-state index contributed by atoms with van der Waals surface area (Å²) in [5.41, 5.74) is 4.27. The third-order valence-electron chi connectivity index (χ3n) is 5.53. The zero-order valence-electron chi connectivity index (χ0n) is 17.7. The van der Waals surface area contributed by atoms with Crippen LogP contribution in [0.1, 0.15) is 27.4 Å². The Bertz CT molecular complexity index is 1180. The highest BCUT2D eigenvalue weighted by molar-refractivity contribution is 6.03. The number of carboxylic acids is 1. The first-order valence-corrected chi connectivity index (χ1v) is 10.2. The Morgan fingerprint density at radius 2 is 1.70 bits per heavy atom. The van der Waals surface area contributed by atoms with Crippen molar-refractivity contribution >= 4 is 23.8 Å². The van der Waals surface area contributed by atoms with Crippen molar-refractivity contribution in [2.24, 2.45) is 7.05 Å². The van der Waals surface area contributed by atoms with Gasteiger partial charge in [-0.25, -0.2) is 9.59 Å². The van der Waals surface area contributed by atoms with Gasteiger partial charge in [0.2, 0.25) is 0 Å². The largest absolute Gasteiger partial charge is 0.480 e. The standard InChI is InChI=1S/C23H22N4O6/c1-27-20(17(10-24-27)21(29)25-19(11-28)22(30)31)26-23(32)33-12-18-15-8-4-2-6-13(15)14-7-3-5-9-16(14)18/h2-10,18-19,28H,11-12H2,1H3,(H,25,29)(H,26,32)(H,30,31)/t19-/m1/s1. The van der Waals surface area contributed by atoms with Gasteiger partial charge in [0.15, 0.2) is 6.04 Å². The number of amides is 2. The molecule has 0 fully saturated rings. The van der Waals surface area contributed by atoms with Crippen LogP contribution >= 0.6 is 0 Å². The molecule has 1 aliphatic carbocycles. The van der Waals surface area contributed by atoms with Gasteiger partial charge in [0.25, 0.3) is 5.91 Å². The van der Waals surface area contributed by atoms with Crippen LogP contribution in [0.3, 0.4) is 0 Å². The Balaban J connectivity index is 1.46. The Kier molecular flexibility index (Phi) is 6.09. The minimum absolute atomic E-state index is 0.0341. The fourth-order valence-corrected chi connectivity index (χ4v) is 3.90. The molecule has 0 bridgehead atoms. The maximum Gasteiger partial charge on any atom is 0.412 e. The number of nitrogens with one attached hydrogen (secondary N) is 2. The number of carbonyl (C=O) groups is 3. The number of aromatic nitrogens is 2. The molecule has 0 saturated heterocycles. The highest BCUT2D eigenvalue weighted by atomic mass is 16.5. The predicted octanol–water partition coefficient (Wildman–Crippen LogP) is 1.96. The van der Waals surface area contributed by atoms with Crippen molar-refractivity contribution in [2.45, 2.75) is 12.0 Å². The number of aliphatic carboxylic acids is 1. The smallest absolute Gasteiger partial charge is 0.412 e. The molecule has 170 valence electrons. The molecule has 33 heavy (non-hydrogen) atoms. The summed E-state index contributed by atoms with van der Waals surface area (Å²) in [5, 5.41) is 26.8. The van der Waals surface area contributed by atoms with Crippen molar-refractivity contribution < 1.29 is 29.3 Å². The van der Waals surface area contributed by atoms with Crippen molar-refractivity contribution in [3.05, 3.63) is 71.4 Å². The average molecular weight is 450 g/mol. The van der Waals surface area contributed by atoms with Crippen LogP contribution in [0.25, 0.3) is 11.1 Å². The average Bonchev–Trinajstić information content (AvgIpc) is 3.33. The number of fused-ring (bicyclic) bond motifs is 3. The Morgan fingerprint density at radius 3 is 2.27 bits per heavy atom. The third-order valence-corrected chi connectivity index (χ3v) is 5.53. The summed E-state index contributed by atoms with van der Waals surface area (Å²) in [6, 6.07) is 14.4. The molecule has 3 aromatic rings. The number of hydrogen-bond acceptors (Lipinski definition) is 6. The van der Waals surface area contributed by atoms with Crippen LogP contribution in [0.5, 0.6) is 0 Å². The van der Waals surface area contributed by atoms with Gasteiger partial charge in [-0.2, -0.15) is 5.10 Å². The molecule has 4 N–H and O–H groups in total. The molecule has 10 heteroatoms. The maximum absolute atomic E-state index is 12.6. The van der Waals surface area contributed by atoms with Gasteiger partial charge in [0.1, 0.15) is 18.0 Å². The molecule has 0 radical (unpaired) electrons. The van der Waals surface area contributed by atoms with Crippen molar-refractivity contribution in [1.82, 2.24) is 15.1 Å². The van der Waals surface area contributed by atoms with Crippen LogP contribution in [0.4, 0.5) is 10.6 Å². The molecule has 0 spiro atoms. The summed E-state index contributed by atoms with van der Waals surface area (Å²) in [6.07, 6.45) is 0.400. The monoisotopic (exact) mass is 450 g/mol. The van der Waals surface area contributed by atoms with E-state index in [0.717, 1.165) is 22.3 Å². The molecule has 2 aromatic carbocycles. The van der Waals surface area contributed by atoms with E-state index in [0.29, 0.717) is 0 Å². The lowest BCUT2D eigenvalue weighted by molar-refractivity contribution is -0.140. The van der Waals surface area contributed by atoms with E-state index in [1.54, 1.807) is 0 Å². The summed E-state index contributed by atoms with van der Waals surface area (Å²) in [5.74, 6) is -2.29. The summed E-state index contributed by atoms with van der Waals surface area (Å²) < 4.78 is 6.74. The molecule has 0 saturated carbocycles. The van der Waals surface area contributed by atoms with Crippen LogP contribution in [0, 0.1) is 0 Å². The molecule has 4 rings (SSSR count). The molecule has 1 aromatic heterocycles. The fourth-order valence-electron chi connectivity index (χ4n) is 3.90. The van der Waals surface area contributed by atoms with Crippen LogP contribution in [0.2, 0.25) is 0 Å². The zero-order chi connectivity index (χ0) is 23.5. The van der Waals surface area contributed by atoms with Gasteiger partial charge in [0, 0.05) is 13.0 Å². The van der Waals surface area contributed by atoms with E-state index in [9.17, 15) is 14.4 Å². The summed E-state index contributed by atoms with van der Waals surface area (Å²) >= 11 is 0. The topological polar surface area (TPSA) is 143 Å². The van der Waals surface area contributed by atoms with Gasteiger partial charge in [-0.1, -0.05) is 48.5 Å². The first-order valence-electron chi connectivity index (χ1n) is 10.2. The van der Waals surface area contributed by atoms with Crippen molar-refractivity contribution in [1.29, 1.82) is 0 Å². The number of carboxylic acid groups (broad SMARTS) is 1. The van der Waals surface area contributed by atoms with Gasteiger partial charge in [0.05, 0.1) is 12.8 Å². The van der Waals surface area contributed by atoms with Crippen molar-refractivity contribution in [3.63, 3.8) is 0 Å². The number of ether oxygens (including phenoxy) is 1. The predicted molar refractivity (Wildman–Crippen MR) is 118 cm³/mol. The minimum Gasteiger partial charge on any atom is -0.480 e. The molecule has 1 heterocycles. The number of aliphatic hydroxyl groups excluding tert-OH is 1. The molecule has 10 nitrogen and oxygen atoms in total. The van der Waals surface area contributed by atoms with E-state index in [2.05, 4.69) is 15.7 Å². The van der Waals surface area contributed by atoms with Gasteiger partial charge in [-0.3, -0.25) is 14.8 Å². The number of hydrogen-bond donors (Lipinski definition) is 4. The number of aliphatic hydroxyl groups is 1. The molecule has 2 amide bonds. The number of carbonyl (C=O) groups excluding carboxylic acids is 2.